The standard InChI is InChI=1S/C24H38O4/c1-5-28-21(26)14-16-13-17(25)12-15-6-7-18-19-9-11-23(3,27)22(19,2)10-8-20(18)24(15,16)4/h15-16,18-20,27H,5-14H2,1-4H3/t15-,16+,18-,19-,20-,22-,23-,24+/m0/s1. The number of fused-ring (bicyclic) bond motifs is 5. The van der Waals surface area contributed by atoms with Crippen LogP contribution in [-0.2, 0) is 14.3 Å². The number of hydrogen-bond donors (Lipinski definition) is 1. The average Bonchev–Trinajstić information content (AvgIpc) is 2.86. The number of carbonyl (C=O) groups excluding carboxylic acids is 2. The number of rotatable bonds is 3. The van der Waals surface area contributed by atoms with Crippen molar-refractivity contribution in [3.05, 3.63) is 0 Å². The van der Waals surface area contributed by atoms with Crippen molar-refractivity contribution >= 4 is 11.8 Å². The quantitative estimate of drug-likeness (QED) is 0.719. The fraction of sp³-hybridized carbons (Fsp3) is 0.917. The molecule has 0 aromatic heterocycles. The zero-order valence-corrected chi connectivity index (χ0v) is 18.1. The smallest absolute Gasteiger partial charge is 0.306 e. The lowest BCUT2D eigenvalue weighted by atomic mass is 9.42. The van der Waals surface area contributed by atoms with E-state index < -0.39 is 5.60 Å². The van der Waals surface area contributed by atoms with Gasteiger partial charge in [-0.1, -0.05) is 13.8 Å². The third-order valence-corrected chi connectivity index (χ3v) is 10.1. The van der Waals surface area contributed by atoms with Gasteiger partial charge in [-0.15, -0.1) is 0 Å². The lowest BCUT2D eigenvalue weighted by Gasteiger charge is -2.63. The number of aliphatic hydroxyl groups is 1. The van der Waals surface area contributed by atoms with Crippen LogP contribution in [0.25, 0.3) is 0 Å². The van der Waals surface area contributed by atoms with E-state index in [2.05, 4.69) is 13.8 Å². The molecule has 4 aliphatic rings. The van der Waals surface area contributed by atoms with E-state index in [4.69, 9.17) is 4.74 Å². The van der Waals surface area contributed by atoms with Crippen LogP contribution in [0.1, 0.15) is 85.5 Å². The highest BCUT2D eigenvalue weighted by molar-refractivity contribution is 5.81. The van der Waals surface area contributed by atoms with E-state index in [0.29, 0.717) is 55.3 Å². The van der Waals surface area contributed by atoms with Crippen molar-refractivity contribution in [3.63, 3.8) is 0 Å². The van der Waals surface area contributed by atoms with Crippen LogP contribution in [0.15, 0.2) is 0 Å². The number of Topliss-reactive ketones (excluding diaryl/α,β-unsaturated/α-hetero) is 1. The summed E-state index contributed by atoms with van der Waals surface area (Å²) in [6.45, 7) is 9.00. The molecular weight excluding hydrogens is 352 g/mol. The summed E-state index contributed by atoms with van der Waals surface area (Å²) in [5.41, 5.74) is -0.509. The third-order valence-electron chi connectivity index (χ3n) is 10.1. The van der Waals surface area contributed by atoms with E-state index in [9.17, 15) is 14.7 Å². The van der Waals surface area contributed by atoms with Gasteiger partial charge in [0.2, 0.25) is 0 Å². The topological polar surface area (TPSA) is 63.6 Å². The molecule has 1 N–H and O–H groups in total. The first-order chi connectivity index (χ1) is 13.1. The lowest BCUT2D eigenvalue weighted by Crippen LogP contribution is -2.58. The Hall–Kier alpha value is -0.900. The van der Waals surface area contributed by atoms with Gasteiger partial charge in [-0.25, -0.2) is 0 Å². The van der Waals surface area contributed by atoms with Gasteiger partial charge in [-0.2, -0.15) is 0 Å². The fourth-order valence-corrected chi connectivity index (χ4v) is 8.24. The van der Waals surface area contributed by atoms with Crippen LogP contribution in [0.2, 0.25) is 0 Å². The maximum atomic E-state index is 12.5. The number of carbonyl (C=O) groups is 2. The Kier molecular flexibility index (Phi) is 4.96. The molecule has 0 heterocycles. The maximum absolute atomic E-state index is 12.5. The van der Waals surface area contributed by atoms with Crippen LogP contribution in [0.5, 0.6) is 0 Å². The molecule has 0 aromatic rings. The van der Waals surface area contributed by atoms with Crippen LogP contribution in [0, 0.1) is 40.4 Å². The molecule has 0 saturated heterocycles. The van der Waals surface area contributed by atoms with E-state index in [-0.39, 0.29) is 22.7 Å². The van der Waals surface area contributed by atoms with E-state index in [1.165, 1.54) is 6.42 Å². The van der Waals surface area contributed by atoms with Crippen molar-refractivity contribution in [1.29, 1.82) is 0 Å². The zero-order valence-electron chi connectivity index (χ0n) is 18.1. The number of hydrogen-bond acceptors (Lipinski definition) is 4. The Labute approximate surface area is 169 Å². The number of ether oxygens (including phenoxy) is 1. The molecule has 4 heteroatoms. The molecule has 4 aliphatic carbocycles. The second kappa shape index (κ2) is 6.82. The molecule has 0 amide bonds. The van der Waals surface area contributed by atoms with Gasteiger partial charge in [0.05, 0.1) is 12.2 Å². The molecule has 0 unspecified atom stereocenters. The summed E-state index contributed by atoms with van der Waals surface area (Å²) < 4.78 is 5.27. The Bertz CT molecular complexity index is 655. The number of esters is 1. The van der Waals surface area contributed by atoms with Crippen molar-refractivity contribution in [2.75, 3.05) is 6.61 Å². The largest absolute Gasteiger partial charge is 0.466 e. The van der Waals surface area contributed by atoms with E-state index >= 15 is 0 Å². The van der Waals surface area contributed by atoms with Crippen LogP contribution < -0.4 is 0 Å². The molecule has 0 aliphatic heterocycles. The van der Waals surface area contributed by atoms with E-state index in [1.54, 1.807) is 0 Å². The Balaban J connectivity index is 1.65. The van der Waals surface area contributed by atoms with Gasteiger partial charge in [0.15, 0.2) is 0 Å². The molecule has 4 saturated carbocycles. The Morgan fingerprint density at radius 3 is 2.50 bits per heavy atom. The van der Waals surface area contributed by atoms with Crippen LogP contribution in [0.3, 0.4) is 0 Å². The summed E-state index contributed by atoms with van der Waals surface area (Å²) in [7, 11) is 0. The van der Waals surface area contributed by atoms with Crippen molar-refractivity contribution < 1.29 is 19.4 Å². The lowest BCUT2D eigenvalue weighted by molar-refractivity contribution is -0.172. The first kappa shape index (κ1) is 20.4. The van der Waals surface area contributed by atoms with Gasteiger partial charge in [0.1, 0.15) is 5.78 Å². The van der Waals surface area contributed by atoms with E-state index in [1.807, 2.05) is 13.8 Å². The minimum atomic E-state index is -0.562. The first-order valence-corrected chi connectivity index (χ1v) is 11.5. The monoisotopic (exact) mass is 390 g/mol. The highest BCUT2D eigenvalue weighted by Crippen LogP contribution is 2.69. The van der Waals surface area contributed by atoms with Gasteiger partial charge in [-0.05, 0) is 92.8 Å². The second-order valence-corrected chi connectivity index (χ2v) is 10.9. The second-order valence-electron chi connectivity index (χ2n) is 10.9. The highest BCUT2D eigenvalue weighted by atomic mass is 16.5. The van der Waals surface area contributed by atoms with Crippen LogP contribution in [0.4, 0.5) is 0 Å². The molecule has 4 nitrogen and oxygen atoms in total. The molecule has 4 rings (SSSR count). The van der Waals surface area contributed by atoms with Gasteiger partial charge in [0, 0.05) is 19.3 Å². The predicted molar refractivity (Wildman–Crippen MR) is 107 cm³/mol. The molecule has 0 spiro atoms. The molecule has 0 radical (unpaired) electrons. The highest BCUT2D eigenvalue weighted by Gasteiger charge is 2.64. The maximum Gasteiger partial charge on any atom is 0.306 e. The summed E-state index contributed by atoms with van der Waals surface area (Å²) >= 11 is 0. The van der Waals surface area contributed by atoms with Crippen LogP contribution >= 0.6 is 0 Å². The summed E-state index contributed by atoms with van der Waals surface area (Å²) in [6, 6.07) is 0. The Morgan fingerprint density at radius 1 is 1.07 bits per heavy atom. The SMILES string of the molecule is CCOC(=O)C[C@H]1CC(=O)C[C@@H]2CC[C@@H]3[C@H](CC[C@@]4(C)[C@H]3CC[C@]4(C)O)[C@@]12C. The van der Waals surface area contributed by atoms with Crippen LogP contribution in [-0.4, -0.2) is 29.1 Å². The summed E-state index contributed by atoms with van der Waals surface area (Å²) in [5.74, 6) is 2.45. The van der Waals surface area contributed by atoms with Gasteiger partial charge in [-0.3, -0.25) is 9.59 Å². The number of ketones is 1. The first-order valence-electron chi connectivity index (χ1n) is 11.5. The summed E-state index contributed by atoms with van der Waals surface area (Å²) in [5, 5.41) is 11.1. The molecule has 8 atom stereocenters. The predicted octanol–water partition coefficient (Wildman–Crippen LogP) is 4.53. The van der Waals surface area contributed by atoms with Crippen molar-refractivity contribution in [3.8, 4) is 0 Å². The molecule has 4 fully saturated rings. The van der Waals surface area contributed by atoms with Gasteiger partial charge < -0.3 is 9.84 Å². The minimum absolute atomic E-state index is 0.0124. The molecule has 0 aromatic carbocycles. The van der Waals surface area contributed by atoms with Crippen molar-refractivity contribution in [1.82, 2.24) is 0 Å². The molecular formula is C24H38O4. The molecule has 0 bridgehead atoms. The summed E-state index contributed by atoms with van der Waals surface area (Å²) in [4.78, 5) is 24.9. The molecule has 28 heavy (non-hydrogen) atoms. The van der Waals surface area contributed by atoms with Crippen molar-refractivity contribution in [2.45, 2.75) is 91.1 Å². The van der Waals surface area contributed by atoms with Gasteiger partial charge >= 0.3 is 5.97 Å². The third kappa shape index (κ3) is 2.80. The normalized spacial score (nSPS) is 50.5. The molecule has 158 valence electrons. The van der Waals surface area contributed by atoms with Crippen molar-refractivity contribution in [2.24, 2.45) is 40.4 Å². The Morgan fingerprint density at radius 2 is 1.79 bits per heavy atom. The summed E-state index contributed by atoms with van der Waals surface area (Å²) in [6.07, 6.45) is 8.10. The van der Waals surface area contributed by atoms with Gasteiger partial charge in [0.25, 0.3) is 0 Å². The van der Waals surface area contributed by atoms with E-state index in [0.717, 1.165) is 32.1 Å². The average molecular weight is 391 g/mol. The fourth-order valence-electron chi connectivity index (χ4n) is 8.24. The minimum Gasteiger partial charge on any atom is -0.466 e. The zero-order chi connectivity index (χ0) is 20.3.